The van der Waals surface area contributed by atoms with Crippen molar-refractivity contribution in [3.63, 3.8) is 0 Å². The van der Waals surface area contributed by atoms with E-state index in [1.54, 1.807) is 12.4 Å². The number of thiazole rings is 1. The number of hydrogen-bond donors (Lipinski definition) is 3. The molecule has 0 unspecified atom stereocenters. The molecule has 0 aromatic carbocycles. The Kier molecular flexibility index (Phi) is 6.12. The van der Waals surface area contributed by atoms with Crippen molar-refractivity contribution in [1.29, 1.82) is 0 Å². The summed E-state index contributed by atoms with van der Waals surface area (Å²) >= 11 is 1.22. The molecule has 128 valence electrons. The van der Waals surface area contributed by atoms with Gasteiger partial charge in [-0.3, -0.25) is 14.8 Å². The molecule has 2 amide bonds. The van der Waals surface area contributed by atoms with Gasteiger partial charge in [-0.2, -0.15) is 0 Å². The van der Waals surface area contributed by atoms with Crippen LogP contribution in [-0.4, -0.2) is 22.0 Å². The third-order valence-corrected chi connectivity index (χ3v) is 5.56. The number of hydroxylamine groups is 1. The van der Waals surface area contributed by atoms with Crippen molar-refractivity contribution in [2.24, 2.45) is 11.8 Å². The molecule has 6 nitrogen and oxygen atoms in total. The van der Waals surface area contributed by atoms with E-state index in [-0.39, 0.29) is 17.9 Å². The summed E-state index contributed by atoms with van der Waals surface area (Å²) in [5.41, 5.74) is 2.20. The second kappa shape index (κ2) is 7.88. The zero-order chi connectivity index (χ0) is 17.0. The minimum Gasteiger partial charge on any atom is -0.347 e. The van der Waals surface area contributed by atoms with Gasteiger partial charge in [0.25, 0.3) is 5.91 Å². The molecule has 0 radical (unpaired) electrons. The Hall–Kier alpha value is -1.47. The lowest BCUT2D eigenvalue weighted by molar-refractivity contribution is -0.123. The van der Waals surface area contributed by atoms with E-state index in [0.29, 0.717) is 27.9 Å². The first-order chi connectivity index (χ1) is 10.9. The van der Waals surface area contributed by atoms with Crippen LogP contribution in [0.25, 0.3) is 0 Å². The molecule has 1 heterocycles. The van der Waals surface area contributed by atoms with Crippen LogP contribution >= 0.6 is 11.3 Å². The first kappa shape index (κ1) is 17.9. The monoisotopic (exact) mass is 339 g/mol. The summed E-state index contributed by atoms with van der Waals surface area (Å²) in [6.45, 7) is 5.76. The van der Waals surface area contributed by atoms with Crippen LogP contribution in [0.1, 0.15) is 72.4 Å². The fourth-order valence-corrected chi connectivity index (χ4v) is 4.22. The van der Waals surface area contributed by atoms with Crippen LogP contribution in [0.4, 0.5) is 0 Å². The Bertz CT molecular complexity index is 565. The van der Waals surface area contributed by atoms with Gasteiger partial charge in [-0.05, 0) is 31.6 Å². The smallest absolute Gasteiger partial charge is 0.286 e. The molecule has 1 aliphatic carbocycles. The highest BCUT2D eigenvalue weighted by Gasteiger charge is 2.26. The highest BCUT2D eigenvalue weighted by atomic mass is 32.1. The van der Waals surface area contributed by atoms with Crippen LogP contribution in [-0.2, 0) is 4.79 Å². The molecule has 23 heavy (non-hydrogen) atoms. The van der Waals surface area contributed by atoms with Gasteiger partial charge in [0.15, 0.2) is 0 Å². The number of aryl methyl sites for hydroxylation is 1. The second-order valence-electron chi connectivity index (χ2n) is 6.55. The van der Waals surface area contributed by atoms with E-state index in [2.05, 4.69) is 10.3 Å². The Morgan fingerprint density at radius 2 is 2.00 bits per heavy atom. The lowest BCUT2D eigenvalue weighted by atomic mass is 10.0. The van der Waals surface area contributed by atoms with E-state index in [1.165, 1.54) is 24.2 Å². The van der Waals surface area contributed by atoms with Gasteiger partial charge in [0.1, 0.15) is 9.88 Å². The maximum absolute atomic E-state index is 12.3. The number of hydrogen-bond acceptors (Lipinski definition) is 5. The van der Waals surface area contributed by atoms with Crippen molar-refractivity contribution in [2.75, 3.05) is 0 Å². The molecule has 0 spiro atoms. The van der Waals surface area contributed by atoms with Crippen LogP contribution in [0.2, 0.25) is 0 Å². The van der Waals surface area contributed by atoms with Crippen LogP contribution < -0.4 is 10.8 Å². The summed E-state index contributed by atoms with van der Waals surface area (Å²) in [5, 5.41) is 12.6. The van der Waals surface area contributed by atoms with Crippen molar-refractivity contribution in [2.45, 2.75) is 58.9 Å². The van der Waals surface area contributed by atoms with Gasteiger partial charge in [-0.15, -0.1) is 11.3 Å². The molecule has 0 saturated heterocycles. The fourth-order valence-electron chi connectivity index (χ4n) is 3.03. The average Bonchev–Trinajstić information content (AvgIpc) is 3.13. The second-order valence-corrected chi connectivity index (χ2v) is 7.58. The molecule has 1 atom stereocenters. The van der Waals surface area contributed by atoms with E-state index in [0.717, 1.165) is 12.8 Å². The van der Waals surface area contributed by atoms with Crippen molar-refractivity contribution in [1.82, 2.24) is 15.8 Å². The average molecular weight is 339 g/mol. The lowest BCUT2D eigenvalue weighted by Gasteiger charge is -2.21. The molecule has 1 aromatic rings. The maximum atomic E-state index is 12.3. The van der Waals surface area contributed by atoms with E-state index in [1.807, 2.05) is 13.8 Å². The normalized spacial score (nSPS) is 16.6. The van der Waals surface area contributed by atoms with Gasteiger partial charge in [0.2, 0.25) is 5.91 Å². The SMILES string of the molecule is Cc1nc([C@@H](NC(=O)CC2CCCC2)C(C)C)sc1C(=O)NO. The molecule has 1 aliphatic rings. The quantitative estimate of drug-likeness (QED) is 0.549. The number of amides is 2. The third-order valence-electron chi connectivity index (χ3n) is 4.32. The molecule has 1 aromatic heterocycles. The van der Waals surface area contributed by atoms with Crippen LogP contribution in [0, 0.1) is 18.8 Å². The van der Waals surface area contributed by atoms with Crippen molar-refractivity contribution in [3.05, 3.63) is 15.6 Å². The summed E-state index contributed by atoms with van der Waals surface area (Å²) in [6.07, 6.45) is 5.28. The summed E-state index contributed by atoms with van der Waals surface area (Å²) in [5.74, 6) is 0.150. The standard InChI is InChI=1S/C16H25N3O3S/c1-9(2)13(18-12(20)8-11-6-4-5-7-11)16-17-10(3)14(23-16)15(21)19-22/h9,11,13,22H,4-8H2,1-3H3,(H,18,20)(H,19,21)/t13-/m0/s1. The number of aromatic nitrogens is 1. The summed E-state index contributed by atoms with van der Waals surface area (Å²) in [6, 6.07) is -0.215. The largest absolute Gasteiger partial charge is 0.347 e. The van der Waals surface area contributed by atoms with E-state index in [9.17, 15) is 9.59 Å². The zero-order valence-electron chi connectivity index (χ0n) is 13.9. The van der Waals surface area contributed by atoms with Crippen LogP contribution in [0.5, 0.6) is 0 Å². The Labute approximate surface area is 140 Å². The molecule has 0 bridgehead atoms. The van der Waals surface area contributed by atoms with Crippen LogP contribution in [0.3, 0.4) is 0 Å². The van der Waals surface area contributed by atoms with E-state index >= 15 is 0 Å². The fraction of sp³-hybridized carbons (Fsp3) is 0.688. The maximum Gasteiger partial charge on any atom is 0.286 e. The minimum absolute atomic E-state index is 0.0524. The Balaban J connectivity index is 2.08. The highest BCUT2D eigenvalue weighted by molar-refractivity contribution is 7.13. The van der Waals surface area contributed by atoms with Gasteiger partial charge in [0, 0.05) is 6.42 Å². The third kappa shape index (κ3) is 4.51. The molecule has 1 fully saturated rings. The molecule has 2 rings (SSSR count). The molecule has 1 saturated carbocycles. The van der Waals surface area contributed by atoms with Gasteiger partial charge in [-0.25, -0.2) is 10.5 Å². The molecular weight excluding hydrogens is 314 g/mol. The van der Waals surface area contributed by atoms with E-state index in [4.69, 9.17) is 5.21 Å². The number of carbonyl (C=O) groups is 2. The number of rotatable bonds is 6. The summed E-state index contributed by atoms with van der Waals surface area (Å²) in [7, 11) is 0. The van der Waals surface area contributed by atoms with E-state index < -0.39 is 5.91 Å². The first-order valence-corrected chi connectivity index (χ1v) is 8.95. The zero-order valence-corrected chi connectivity index (χ0v) is 14.7. The van der Waals surface area contributed by atoms with Crippen molar-refractivity contribution < 1.29 is 14.8 Å². The predicted molar refractivity (Wildman–Crippen MR) is 88.4 cm³/mol. The number of carbonyl (C=O) groups excluding carboxylic acids is 2. The van der Waals surface area contributed by atoms with Gasteiger partial charge >= 0.3 is 0 Å². The molecule has 7 heteroatoms. The summed E-state index contributed by atoms with van der Waals surface area (Å²) < 4.78 is 0. The van der Waals surface area contributed by atoms with Gasteiger partial charge in [0.05, 0.1) is 11.7 Å². The van der Waals surface area contributed by atoms with Crippen LogP contribution in [0.15, 0.2) is 0 Å². The molecular formula is C16H25N3O3S. The van der Waals surface area contributed by atoms with Gasteiger partial charge < -0.3 is 5.32 Å². The van der Waals surface area contributed by atoms with Crippen molar-refractivity contribution in [3.8, 4) is 0 Å². The number of nitrogens with one attached hydrogen (secondary N) is 2. The summed E-state index contributed by atoms with van der Waals surface area (Å²) in [4.78, 5) is 28.7. The van der Waals surface area contributed by atoms with Gasteiger partial charge in [-0.1, -0.05) is 26.7 Å². The first-order valence-electron chi connectivity index (χ1n) is 8.13. The molecule has 3 N–H and O–H groups in total. The van der Waals surface area contributed by atoms with Crippen molar-refractivity contribution >= 4 is 23.2 Å². The predicted octanol–water partition coefficient (Wildman–Crippen LogP) is 2.96. The Morgan fingerprint density at radius 3 is 2.57 bits per heavy atom. The number of nitrogens with zero attached hydrogens (tertiary/aromatic N) is 1. The topological polar surface area (TPSA) is 91.3 Å². The lowest BCUT2D eigenvalue weighted by Crippen LogP contribution is -2.32. The minimum atomic E-state index is -0.564. The Morgan fingerprint density at radius 1 is 1.35 bits per heavy atom. The molecule has 0 aliphatic heterocycles. The highest BCUT2D eigenvalue weighted by Crippen LogP contribution is 2.30.